The summed E-state index contributed by atoms with van der Waals surface area (Å²) in [5.41, 5.74) is 21.4. The fraction of sp³-hybridized carbons (Fsp3) is 0.0806. The molecule has 0 N–H and O–H groups in total. The van der Waals surface area contributed by atoms with Crippen molar-refractivity contribution in [3.8, 4) is 16.8 Å². The summed E-state index contributed by atoms with van der Waals surface area (Å²) >= 11 is 0. The van der Waals surface area contributed by atoms with Gasteiger partial charge >= 0.3 is 0 Å². The quantitative estimate of drug-likeness (QED) is 0.0557. The Kier molecular flexibility index (Phi) is 20.7. The van der Waals surface area contributed by atoms with E-state index in [2.05, 4.69) is 554 Å². The van der Waals surface area contributed by atoms with Crippen LogP contribution in [0.15, 0.2) is 491 Å². The zero-order valence-corrected chi connectivity index (χ0v) is 78.2. The van der Waals surface area contributed by atoms with Gasteiger partial charge in [-0.05, 0) is 190 Å². The normalized spacial score (nSPS) is 12.8. The molecule has 19 aromatic carbocycles. The highest BCUT2D eigenvalue weighted by Gasteiger charge is 2.51. The van der Waals surface area contributed by atoms with Crippen LogP contribution in [-0.4, -0.2) is 35.5 Å². The summed E-state index contributed by atoms with van der Waals surface area (Å²) in [5.74, 6) is 0. The number of hydrogen-bond donors (Lipinski definition) is 0. The lowest BCUT2D eigenvalue weighted by Gasteiger charge is -2.46. The topological polar surface area (TPSA) is 11.4 Å². The molecule has 0 saturated heterocycles. The van der Waals surface area contributed by atoms with Crippen LogP contribution in [0.4, 0.5) is 34.1 Å². The Bertz CT molecular complexity index is 7190. The Morgan fingerprint density at radius 3 is 0.855 bits per heavy atom. The minimum Gasteiger partial charge on any atom is -0.311 e. The summed E-state index contributed by atoms with van der Waals surface area (Å²) in [4.78, 5) is 5.47. The maximum absolute atomic E-state index is 3.32. The number of rotatable bonds is 20. The molecule has 1 aromatic heterocycles. The number of anilines is 6. The summed E-state index contributed by atoms with van der Waals surface area (Å²) in [7, 11) is -9.87. The van der Waals surface area contributed by atoms with E-state index in [9.17, 15) is 0 Å². The van der Waals surface area contributed by atoms with Gasteiger partial charge in [-0.15, -0.1) is 0 Å². The first kappa shape index (κ1) is 82.0. The Labute approximate surface area is 774 Å². The molecule has 3 heterocycles. The van der Waals surface area contributed by atoms with Crippen molar-refractivity contribution in [2.45, 2.75) is 64.7 Å². The summed E-state index contributed by atoms with van der Waals surface area (Å²) < 4.78 is 2.64. The predicted octanol–water partition coefficient (Wildman–Crippen LogP) is 20.6. The number of hydrogen-bond acceptors (Lipinski definition) is 2. The van der Waals surface area contributed by atoms with E-state index < -0.39 is 24.2 Å². The molecule has 131 heavy (non-hydrogen) atoms. The highest BCUT2D eigenvalue weighted by Crippen LogP contribution is 2.50. The van der Waals surface area contributed by atoms with Gasteiger partial charge in [-0.25, -0.2) is 0 Å². The first-order valence-corrected chi connectivity index (χ1v) is 52.2. The third-order valence-electron chi connectivity index (χ3n) is 29.0. The van der Waals surface area contributed by atoms with E-state index in [0.717, 1.165) is 62.0 Å². The average molecular weight is 1730 g/mol. The van der Waals surface area contributed by atoms with E-state index in [-0.39, 0.29) is 23.0 Å². The van der Waals surface area contributed by atoms with Crippen molar-refractivity contribution in [3.63, 3.8) is 0 Å². The number of nitrogens with zero attached hydrogens (tertiary/aromatic N) is 3. The van der Waals surface area contributed by atoms with Crippen LogP contribution in [0.5, 0.6) is 0 Å². The van der Waals surface area contributed by atoms with Gasteiger partial charge in [0.1, 0.15) is 0 Å². The van der Waals surface area contributed by atoms with Gasteiger partial charge < -0.3 is 14.4 Å². The number of fused-ring (bicyclic) bond motifs is 7. The standard InChI is InChI=1S/C124H102BN3Si3/c1-122(2,3)92-71-76-114(109(81-92)89-45-20-8-21-46-89)128-118-80-75-108(131(103-64-38-17-39-65-103,104-66-40-18-41-67-104)105-68-42-19-43-69-105)88-113(118)125-112-87-107(130(100-58-32-14-33-59-100,101-60-34-15-35-61-101)102-62-36-16-37-63-102)74-79-117(112)126(95-51-44-70-106(84-95)129(97-52-26-11-27-53-97,98-54-28-12-29-55-98)99-56-30-13-31-57-99)119-85-96(86-120(128)121(119)125)127-115-77-72-93(123(4,5)90-47-22-9-23-48-90)82-110(115)111-83-94(73-78-116(111)127)124(6,7)91-49-24-10-25-50-91/h8-88H,1-7H3. The highest BCUT2D eigenvalue weighted by molar-refractivity contribution is 7.21. The molecule has 2 aliphatic rings. The van der Waals surface area contributed by atoms with Crippen molar-refractivity contribution < 1.29 is 0 Å². The molecule has 0 saturated carbocycles. The van der Waals surface area contributed by atoms with Gasteiger partial charge in [0, 0.05) is 55.6 Å². The van der Waals surface area contributed by atoms with Crippen molar-refractivity contribution in [2.24, 2.45) is 0 Å². The van der Waals surface area contributed by atoms with Crippen molar-refractivity contribution in [1.29, 1.82) is 0 Å². The number of benzene rings is 19. The van der Waals surface area contributed by atoms with Crippen molar-refractivity contribution in [1.82, 2.24) is 4.57 Å². The Morgan fingerprint density at radius 1 is 0.206 bits per heavy atom. The van der Waals surface area contributed by atoms with E-state index >= 15 is 0 Å². The molecule has 0 radical (unpaired) electrons. The van der Waals surface area contributed by atoms with Crippen LogP contribution < -0.4 is 88.4 Å². The van der Waals surface area contributed by atoms with Gasteiger partial charge in [-0.1, -0.05) is 467 Å². The predicted molar refractivity (Wildman–Crippen MR) is 567 cm³/mol. The molecule has 0 spiro atoms. The maximum atomic E-state index is 2.74. The van der Waals surface area contributed by atoms with E-state index in [1.54, 1.807) is 0 Å². The Hall–Kier alpha value is -14.7. The molecule has 0 fully saturated rings. The van der Waals surface area contributed by atoms with Crippen LogP contribution in [0.1, 0.15) is 76.3 Å². The second-order valence-electron chi connectivity index (χ2n) is 37.8. The fourth-order valence-corrected chi connectivity index (χ4v) is 36.7. The minimum absolute atomic E-state index is 0.194. The molecule has 0 atom stereocenters. The summed E-state index contributed by atoms with van der Waals surface area (Å²) in [6.07, 6.45) is 0. The van der Waals surface area contributed by atoms with Gasteiger partial charge in [0.05, 0.1) is 22.4 Å². The van der Waals surface area contributed by atoms with Crippen LogP contribution in [0.3, 0.4) is 0 Å². The lowest BCUT2D eigenvalue weighted by molar-refractivity contribution is 0.590. The first-order valence-electron chi connectivity index (χ1n) is 46.2. The summed E-state index contributed by atoms with van der Waals surface area (Å²) in [6.45, 7) is 16.2. The van der Waals surface area contributed by atoms with Crippen LogP contribution in [0.25, 0.3) is 38.6 Å². The van der Waals surface area contributed by atoms with Crippen molar-refractivity contribution in [3.05, 3.63) is 519 Å². The largest absolute Gasteiger partial charge is 0.311 e. The fourth-order valence-electron chi connectivity index (χ4n) is 22.4. The molecular weight excluding hydrogens is 1630 g/mol. The first-order chi connectivity index (χ1) is 64.1. The van der Waals surface area contributed by atoms with Gasteiger partial charge in [0.25, 0.3) is 6.71 Å². The van der Waals surface area contributed by atoms with E-state index in [4.69, 9.17) is 0 Å². The Morgan fingerprint density at radius 2 is 0.504 bits per heavy atom. The molecule has 22 rings (SSSR count). The number of aromatic nitrogens is 1. The SMILES string of the molecule is CC(C)(C)c1ccc(N2c3ccc([Si](c4ccccc4)(c4ccccc4)c4ccccc4)cc3B3c4cc([Si](c5ccccc5)(c5ccccc5)c5ccccc5)ccc4N(c4cccc([Si](c5ccccc5)(c5ccccc5)c5ccccc5)c4)c4cc(-n5c6ccc(C(C)(C)c7ccccc7)cc6c6cc(C(C)(C)c7ccccc7)ccc65)cc2c43)c(-c2ccccc2)c1. The van der Waals surface area contributed by atoms with E-state index in [1.807, 2.05) is 0 Å². The Balaban J connectivity index is 0.932. The second-order valence-corrected chi connectivity index (χ2v) is 49.2. The molecule has 0 aliphatic carbocycles. The van der Waals surface area contributed by atoms with Crippen LogP contribution in [0.2, 0.25) is 0 Å². The van der Waals surface area contributed by atoms with Crippen LogP contribution in [0, 0.1) is 0 Å². The molecule has 628 valence electrons. The maximum Gasteiger partial charge on any atom is 0.252 e. The lowest BCUT2D eigenvalue weighted by atomic mass is 9.33. The molecule has 20 aromatic rings. The minimum atomic E-state index is -3.32. The third kappa shape index (κ3) is 13.6. The summed E-state index contributed by atoms with van der Waals surface area (Å²) in [5, 5.41) is 18.2. The third-order valence-corrected chi connectivity index (χ3v) is 43.3. The monoisotopic (exact) mass is 1730 g/mol. The van der Waals surface area contributed by atoms with Gasteiger partial charge in [-0.2, -0.15) is 0 Å². The van der Waals surface area contributed by atoms with Crippen molar-refractivity contribution >= 4 is 165 Å². The van der Waals surface area contributed by atoms with E-state index in [1.165, 1.54) is 117 Å². The molecule has 3 nitrogen and oxygen atoms in total. The van der Waals surface area contributed by atoms with Gasteiger partial charge in [-0.3, -0.25) is 0 Å². The van der Waals surface area contributed by atoms with Crippen LogP contribution >= 0.6 is 0 Å². The summed E-state index contributed by atoms with van der Waals surface area (Å²) in [6, 6.07) is 190. The smallest absolute Gasteiger partial charge is 0.252 e. The second kappa shape index (κ2) is 33.1. The zero-order chi connectivity index (χ0) is 88.6. The lowest BCUT2D eigenvalue weighted by Crippen LogP contribution is -2.76. The van der Waals surface area contributed by atoms with Crippen molar-refractivity contribution in [2.75, 3.05) is 9.80 Å². The molecule has 7 heteroatoms. The highest BCUT2D eigenvalue weighted by atomic mass is 28.3. The zero-order valence-electron chi connectivity index (χ0n) is 75.2. The molecule has 0 amide bonds. The van der Waals surface area contributed by atoms with Crippen LogP contribution in [-0.2, 0) is 16.2 Å². The molecular formula is C124H102BN3Si3. The molecule has 0 unspecified atom stereocenters. The van der Waals surface area contributed by atoms with E-state index in [0.29, 0.717) is 0 Å². The molecule has 2 aliphatic heterocycles. The average Bonchev–Trinajstić information content (AvgIpc) is 1.34. The van der Waals surface area contributed by atoms with Gasteiger partial charge in [0.15, 0.2) is 24.2 Å². The van der Waals surface area contributed by atoms with Gasteiger partial charge in [0.2, 0.25) is 0 Å². The molecule has 0 bridgehead atoms.